The maximum atomic E-state index is 11.6. The number of carbonyl (C=O) groups excluding carboxylic acids is 1. The molecule has 112 valence electrons. The van der Waals surface area contributed by atoms with Gasteiger partial charge in [0.25, 0.3) is 0 Å². The number of nitro groups is 1. The molecule has 0 radical (unpaired) electrons. The lowest BCUT2D eigenvalue weighted by atomic mass is 10.5. The summed E-state index contributed by atoms with van der Waals surface area (Å²) < 4.78 is 1.23. The van der Waals surface area contributed by atoms with E-state index >= 15 is 0 Å². The molecule has 0 aliphatic carbocycles. The summed E-state index contributed by atoms with van der Waals surface area (Å²) in [5.74, 6) is -0.259. The third-order valence-electron chi connectivity index (χ3n) is 2.48. The first-order chi connectivity index (χ1) is 10.0. The molecule has 0 saturated heterocycles. The van der Waals surface area contributed by atoms with Crippen LogP contribution in [-0.2, 0) is 11.3 Å². The Hall–Kier alpha value is -2.49. The first-order valence-corrected chi connectivity index (χ1v) is 7.02. The van der Waals surface area contributed by atoms with E-state index in [1.165, 1.54) is 22.2 Å². The van der Waals surface area contributed by atoms with E-state index in [0.717, 1.165) is 17.0 Å². The summed E-state index contributed by atoms with van der Waals surface area (Å²) in [6.45, 7) is 2.84. The van der Waals surface area contributed by atoms with Crippen molar-refractivity contribution in [1.29, 1.82) is 0 Å². The first kappa shape index (κ1) is 14.9. The van der Waals surface area contributed by atoms with Crippen molar-refractivity contribution in [3.8, 4) is 0 Å². The fraction of sp³-hybridized carbons (Fsp3) is 0.364. The van der Waals surface area contributed by atoms with Crippen LogP contribution in [0.2, 0.25) is 0 Å². The molecule has 0 bridgehead atoms. The number of aromatic nitrogens is 3. The van der Waals surface area contributed by atoms with Gasteiger partial charge in [-0.05, 0) is 6.92 Å². The van der Waals surface area contributed by atoms with Gasteiger partial charge in [-0.1, -0.05) is 0 Å². The zero-order chi connectivity index (χ0) is 15.2. The lowest BCUT2D eigenvalue weighted by Gasteiger charge is -2.05. The Balaban J connectivity index is 1.68. The molecule has 2 N–H and O–H groups in total. The molecule has 21 heavy (non-hydrogen) atoms. The maximum Gasteiger partial charge on any atom is 0.307 e. The maximum absolute atomic E-state index is 11.6. The molecule has 0 aliphatic rings. The smallest absolute Gasteiger partial charge is 0.307 e. The largest absolute Gasteiger partial charge is 0.360 e. The zero-order valence-electron chi connectivity index (χ0n) is 11.3. The van der Waals surface area contributed by atoms with Crippen molar-refractivity contribution in [2.45, 2.75) is 13.5 Å². The van der Waals surface area contributed by atoms with Crippen molar-refractivity contribution in [3.05, 3.63) is 33.6 Å². The van der Waals surface area contributed by atoms with Crippen LogP contribution in [0.4, 0.5) is 10.8 Å². The highest BCUT2D eigenvalue weighted by molar-refractivity contribution is 7.13. The van der Waals surface area contributed by atoms with Gasteiger partial charge in [0.15, 0.2) is 5.13 Å². The Morgan fingerprint density at radius 2 is 2.33 bits per heavy atom. The minimum atomic E-state index is -0.554. The number of nitrogens with zero attached hydrogens (tertiary/aromatic N) is 4. The molecule has 0 saturated carbocycles. The van der Waals surface area contributed by atoms with E-state index in [2.05, 4.69) is 20.7 Å². The molecule has 1 amide bonds. The van der Waals surface area contributed by atoms with Crippen LogP contribution >= 0.6 is 11.3 Å². The van der Waals surface area contributed by atoms with Gasteiger partial charge in [-0.3, -0.25) is 19.6 Å². The average molecular weight is 310 g/mol. The van der Waals surface area contributed by atoms with Crippen LogP contribution in [0.5, 0.6) is 0 Å². The number of rotatable bonds is 7. The Morgan fingerprint density at radius 3 is 2.95 bits per heavy atom. The first-order valence-electron chi connectivity index (χ1n) is 6.14. The predicted molar refractivity (Wildman–Crippen MR) is 77.2 cm³/mol. The van der Waals surface area contributed by atoms with Crippen LogP contribution in [0.15, 0.2) is 17.8 Å². The van der Waals surface area contributed by atoms with E-state index < -0.39 is 4.92 Å². The van der Waals surface area contributed by atoms with E-state index in [4.69, 9.17) is 0 Å². The second kappa shape index (κ2) is 6.79. The van der Waals surface area contributed by atoms with Gasteiger partial charge in [-0.15, -0.1) is 11.3 Å². The molecule has 0 aromatic carbocycles. The van der Waals surface area contributed by atoms with E-state index in [0.29, 0.717) is 13.1 Å². The molecule has 2 heterocycles. The number of aryl methyl sites for hydroxylation is 1. The Labute approximate surface area is 124 Å². The molecule has 0 aliphatic heterocycles. The average Bonchev–Trinajstić information content (AvgIpc) is 3.04. The van der Waals surface area contributed by atoms with Crippen LogP contribution < -0.4 is 10.6 Å². The second-order valence-corrected chi connectivity index (χ2v) is 5.08. The van der Waals surface area contributed by atoms with Crippen LogP contribution in [-0.4, -0.2) is 38.7 Å². The quantitative estimate of drug-likeness (QED) is 0.444. The minimum Gasteiger partial charge on any atom is -0.360 e. The fourth-order valence-corrected chi connectivity index (χ4v) is 2.26. The van der Waals surface area contributed by atoms with Crippen LogP contribution in [0.1, 0.15) is 5.69 Å². The molecule has 10 heteroatoms. The Kier molecular flexibility index (Phi) is 4.82. The summed E-state index contributed by atoms with van der Waals surface area (Å²) in [4.78, 5) is 25.8. The summed E-state index contributed by atoms with van der Waals surface area (Å²) >= 11 is 1.50. The van der Waals surface area contributed by atoms with Crippen LogP contribution in [0.25, 0.3) is 0 Å². The number of hydrogen-bond acceptors (Lipinski definition) is 7. The number of anilines is 1. The molecule has 2 aromatic heterocycles. The molecule has 2 aromatic rings. The zero-order valence-corrected chi connectivity index (χ0v) is 12.1. The summed E-state index contributed by atoms with van der Waals surface area (Å²) in [7, 11) is 0. The lowest BCUT2D eigenvalue weighted by molar-refractivity contribution is -0.385. The van der Waals surface area contributed by atoms with E-state index in [-0.39, 0.29) is 18.1 Å². The van der Waals surface area contributed by atoms with Crippen molar-refractivity contribution in [1.82, 2.24) is 20.1 Å². The van der Waals surface area contributed by atoms with Crippen molar-refractivity contribution in [2.24, 2.45) is 0 Å². The number of hydrogen-bond donors (Lipinski definition) is 2. The molecule has 0 spiro atoms. The second-order valence-electron chi connectivity index (χ2n) is 4.22. The van der Waals surface area contributed by atoms with Crippen molar-refractivity contribution >= 4 is 28.1 Å². The van der Waals surface area contributed by atoms with E-state index in [1.807, 2.05) is 12.3 Å². The Bertz CT molecular complexity index is 637. The minimum absolute atomic E-state index is 0.0514. The van der Waals surface area contributed by atoms with E-state index in [9.17, 15) is 14.9 Å². The van der Waals surface area contributed by atoms with Crippen molar-refractivity contribution < 1.29 is 9.72 Å². The van der Waals surface area contributed by atoms with Gasteiger partial charge >= 0.3 is 5.69 Å². The monoisotopic (exact) mass is 310 g/mol. The van der Waals surface area contributed by atoms with Crippen molar-refractivity contribution in [3.63, 3.8) is 0 Å². The molecular formula is C11H14N6O3S. The molecular weight excluding hydrogens is 296 g/mol. The third kappa shape index (κ3) is 4.53. The van der Waals surface area contributed by atoms with Gasteiger partial charge in [0, 0.05) is 18.5 Å². The van der Waals surface area contributed by atoms with Gasteiger partial charge in [0.2, 0.25) is 5.91 Å². The number of nitrogens with one attached hydrogen (secondary N) is 2. The third-order valence-corrected chi connectivity index (χ3v) is 3.40. The topological polar surface area (TPSA) is 115 Å². The highest BCUT2D eigenvalue weighted by Gasteiger charge is 2.10. The SMILES string of the molecule is Cc1csc(NCCNC(=O)Cn2cc([N+](=O)[O-])cn2)n1. The normalized spacial score (nSPS) is 10.3. The number of thiazole rings is 1. The summed E-state index contributed by atoms with van der Waals surface area (Å²) in [5.41, 5.74) is 0.815. The van der Waals surface area contributed by atoms with Gasteiger partial charge < -0.3 is 10.6 Å². The summed E-state index contributed by atoms with van der Waals surface area (Å²) in [5, 5.41) is 22.8. The van der Waals surface area contributed by atoms with Crippen molar-refractivity contribution in [2.75, 3.05) is 18.4 Å². The van der Waals surface area contributed by atoms with Gasteiger partial charge in [-0.25, -0.2) is 4.98 Å². The predicted octanol–water partition coefficient (Wildman–Crippen LogP) is 0.785. The number of carbonyl (C=O) groups is 1. The summed E-state index contributed by atoms with van der Waals surface area (Å²) in [6, 6.07) is 0. The lowest BCUT2D eigenvalue weighted by Crippen LogP contribution is -2.31. The highest BCUT2D eigenvalue weighted by atomic mass is 32.1. The highest BCUT2D eigenvalue weighted by Crippen LogP contribution is 2.13. The molecule has 0 fully saturated rings. The molecule has 2 rings (SSSR count). The van der Waals surface area contributed by atoms with Crippen LogP contribution in [0.3, 0.4) is 0 Å². The van der Waals surface area contributed by atoms with Gasteiger partial charge in [-0.2, -0.15) is 5.10 Å². The standard InChI is InChI=1S/C11H14N6O3S/c1-8-7-21-11(15-8)13-3-2-12-10(18)6-16-5-9(4-14-16)17(19)20/h4-5,7H,2-3,6H2,1H3,(H,12,18)(H,13,15). The van der Waals surface area contributed by atoms with Gasteiger partial charge in [0.1, 0.15) is 18.9 Å². The fourth-order valence-electron chi connectivity index (χ4n) is 1.54. The Morgan fingerprint density at radius 1 is 1.52 bits per heavy atom. The van der Waals surface area contributed by atoms with Gasteiger partial charge in [0.05, 0.1) is 10.6 Å². The van der Waals surface area contributed by atoms with Crippen LogP contribution in [0, 0.1) is 17.0 Å². The summed E-state index contributed by atoms with van der Waals surface area (Å²) in [6.07, 6.45) is 2.33. The molecule has 0 atom stereocenters. The molecule has 9 nitrogen and oxygen atoms in total. The molecule has 0 unspecified atom stereocenters. The number of amides is 1. The van der Waals surface area contributed by atoms with E-state index in [1.54, 1.807) is 0 Å².